The van der Waals surface area contributed by atoms with Crippen LogP contribution in [0.1, 0.15) is 0 Å². The molecule has 0 aliphatic heterocycles. The van der Waals surface area contributed by atoms with E-state index < -0.39 is 0 Å². The van der Waals surface area contributed by atoms with Crippen molar-refractivity contribution < 1.29 is 13.3 Å². The predicted octanol–water partition coefficient (Wildman–Crippen LogP) is 38.3. The van der Waals surface area contributed by atoms with Crippen LogP contribution in [0.4, 0.5) is 51.2 Å². The number of furan rings is 3. The molecule has 644 valence electrons. The van der Waals surface area contributed by atoms with E-state index in [1.54, 1.807) is 0 Å². The summed E-state index contributed by atoms with van der Waals surface area (Å²) in [6, 6.07) is 181. The molecule has 0 unspecified atom stereocenters. The molecule has 0 fully saturated rings. The molecule has 0 radical (unpaired) electrons. The van der Waals surface area contributed by atoms with Gasteiger partial charge >= 0.3 is 0 Å². The molecule has 0 N–H and O–H groups in total. The second kappa shape index (κ2) is 32.8. The van der Waals surface area contributed by atoms with Gasteiger partial charge in [0, 0.05) is 97.6 Å². The topological polar surface area (TPSA) is 49.1 Å². The van der Waals surface area contributed by atoms with Gasteiger partial charge in [0.1, 0.15) is 33.5 Å². The molecule has 26 aromatic carbocycles. The summed E-state index contributed by atoms with van der Waals surface area (Å²) in [6.07, 6.45) is 0. The van der Waals surface area contributed by atoms with E-state index in [9.17, 15) is 0 Å². The molecule has 0 saturated carbocycles. The zero-order valence-corrected chi connectivity index (χ0v) is 75.0. The highest BCUT2D eigenvalue weighted by Gasteiger charge is 2.29. The number of para-hydroxylation sites is 3. The summed E-state index contributed by atoms with van der Waals surface area (Å²) in [5, 5.41) is 35.7. The number of hydrogen-bond donors (Lipinski definition) is 0. The fourth-order valence-electron chi connectivity index (χ4n) is 22.0. The SMILES string of the molecule is c1ccc(-c2c(-c3ccc(N(c4cccc5ccccc45)c4cc5c6ccccc6oc5c5ccccc45)cc3)c3ccccc3c3ccccc23)cc1.c1ccc2c(N(c3cc4ccccc4c4ccccc34)c3cc4c5ccccc5oc4c4ccccc34)cccc2c1.c1ccc2c(N(c3ccc4c(ccc5ccccc54)c3)c3cc4c5ccccc5oc4c4ccccc34)cccc2c1. The maximum absolute atomic E-state index is 6.54. The highest BCUT2D eigenvalue weighted by atomic mass is 16.3. The van der Waals surface area contributed by atoms with Gasteiger partial charge in [0.05, 0.1) is 39.8 Å². The van der Waals surface area contributed by atoms with E-state index in [1.807, 2.05) is 18.2 Å². The highest BCUT2D eigenvalue weighted by Crippen LogP contribution is 2.54. The number of anilines is 9. The molecule has 29 rings (SSSR count). The third kappa shape index (κ3) is 13.1. The normalized spacial score (nSPS) is 11.8. The first kappa shape index (κ1) is 79.4. The lowest BCUT2D eigenvalue weighted by molar-refractivity contribution is 0.672. The van der Waals surface area contributed by atoms with Crippen molar-refractivity contribution in [2.75, 3.05) is 14.7 Å². The molecule has 0 saturated heterocycles. The quantitative estimate of drug-likeness (QED) is 0.120. The van der Waals surface area contributed by atoms with Crippen LogP contribution in [-0.4, -0.2) is 0 Å². The first-order chi connectivity index (χ1) is 68.5. The Hall–Kier alpha value is -18.4. The van der Waals surface area contributed by atoms with Gasteiger partial charge in [-0.2, -0.15) is 0 Å². The Labute approximate surface area is 794 Å². The van der Waals surface area contributed by atoms with Crippen molar-refractivity contribution in [3.05, 3.63) is 504 Å². The first-order valence-corrected chi connectivity index (χ1v) is 47.2. The Morgan fingerprint density at radius 1 is 0.123 bits per heavy atom. The number of fused-ring (bicyclic) bond motifs is 27. The van der Waals surface area contributed by atoms with Crippen LogP contribution in [-0.2, 0) is 0 Å². The number of rotatable bonds is 11. The average Bonchev–Trinajstić information content (AvgIpc) is 1.52. The molecular formula is C132H83N3O3. The van der Waals surface area contributed by atoms with Gasteiger partial charge in [-0.15, -0.1) is 0 Å². The predicted molar refractivity (Wildman–Crippen MR) is 586 cm³/mol. The second-order valence-corrected chi connectivity index (χ2v) is 35.9. The van der Waals surface area contributed by atoms with Gasteiger partial charge in [0.15, 0.2) is 0 Å². The summed E-state index contributed by atoms with van der Waals surface area (Å²) >= 11 is 0. The van der Waals surface area contributed by atoms with Crippen LogP contribution in [0, 0.1) is 0 Å². The van der Waals surface area contributed by atoms with E-state index in [0.717, 1.165) is 149 Å². The minimum atomic E-state index is 0.896. The fraction of sp³-hybridized carbons (Fsp3) is 0. The van der Waals surface area contributed by atoms with Crippen LogP contribution in [0.3, 0.4) is 0 Å². The molecule has 0 bridgehead atoms. The molecule has 0 atom stereocenters. The number of hydrogen-bond acceptors (Lipinski definition) is 6. The van der Waals surface area contributed by atoms with E-state index in [2.05, 4.69) is 500 Å². The van der Waals surface area contributed by atoms with Gasteiger partial charge in [-0.05, 0) is 183 Å². The number of nitrogens with zero attached hydrogens (tertiary/aromatic N) is 3. The van der Waals surface area contributed by atoms with Crippen molar-refractivity contribution >= 4 is 246 Å². The summed E-state index contributed by atoms with van der Waals surface area (Å²) in [5.74, 6) is 0. The smallest absolute Gasteiger partial charge is 0.143 e. The second-order valence-electron chi connectivity index (χ2n) is 35.9. The Morgan fingerprint density at radius 2 is 0.384 bits per heavy atom. The van der Waals surface area contributed by atoms with E-state index in [0.29, 0.717) is 0 Å². The third-order valence-electron chi connectivity index (χ3n) is 28.2. The van der Waals surface area contributed by atoms with Crippen LogP contribution < -0.4 is 14.7 Å². The monoisotopic (exact) mass is 1760 g/mol. The van der Waals surface area contributed by atoms with Crippen molar-refractivity contribution in [1.29, 1.82) is 0 Å². The highest BCUT2D eigenvalue weighted by molar-refractivity contribution is 6.27. The van der Waals surface area contributed by atoms with Crippen molar-refractivity contribution in [2.45, 2.75) is 0 Å². The Bertz CT molecular complexity index is 9970. The maximum atomic E-state index is 6.54. The van der Waals surface area contributed by atoms with E-state index >= 15 is 0 Å². The van der Waals surface area contributed by atoms with Crippen molar-refractivity contribution in [3.8, 4) is 22.3 Å². The van der Waals surface area contributed by atoms with E-state index in [-0.39, 0.29) is 0 Å². The minimum Gasteiger partial charge on any atom is -0.455 e. The maximum Gasteiger partial charge on any atom is 0.143 e. The van der Waals surface area contributed by atoms with Gasteiger partial charge in [-0.1, -0.05) is 419 Å². The number of benzene rings is 26. The van der Waals surface area contributed by atoms with Crippen LogP contribution in [0.5, 0.6) is 0 Å². The van der Waals surface area contributed by atoms with Gasteiger partial charge in [-0.3, -0.25) is 0 Å². The largest absolute Gasteiger partial charge is 0.455 e. The molecule has 3 aromatic heterocycles. The standard InChI is InChI=1S/C52H33NO.2C40H25NO/c1-2-16-35(17-3-1)50-43-24-9-6-20-39(43)40-21-7-10-25-44(40)51(50)36-29-31-37(32-30-36)53(47-27-14-18-34-15-4-5-19-38(34)47)48-33-46-42-23-12-13-28-49(42)54-52(46)45-26-11-8-22-41(45)48;1-4-16-29-26(12-1)14-11-22-36(29)41(37-24-27-13-2-3-15-28(27)30-17-5-6-18-31(30)37)38-25-35-33-20-9-10-23-39(33)42-40(35)34-21-8-7-19-32(34)38;1-3-13-30-27(11-1)20-21-28-24-29(22-23-31(28)30)41(37-18-9-12-26-10-2-4-14-32(26)37)38-25-36-34-16-7-8-19-39(34)42-40(36)35-17-6-5-15-33(35)38/h1-33H;2*1-25H. The summed E-state index contributed by atoms with van der Waals surface area (Å²) in [5.41, 5.74) is 20.5. The lowest BCUT2D eigenvalue weighted by Gasteiger charge is -2.30. The average molecular weight is 1760 g/mol. The Morgan fingerprint density at radius 3 is 0.819 bits per heavy atom. The van der Waals surface area contributed by atoms with Crippen molar-refractivity contribution in [3.63, 3.8) is 0 Å². The summed E-state index contributed by atoms with van der Waals surface area (Å²) in [4.78, 5) is 7.34. The molecular weight excluding hydrogens is 1680 g/mol. The Kier molecular flexibility index (Phi) is 18.9. The van der Waals surface area contributed by atoms with Gasteiger partial charge in [-0.25, -0.2) is 0 Å². The molecule has 0 aliphatic carbocycles. The molecule has 6 heteroatoms. The fourth-order valence-corrected chi connectivity index (χ4v) is 22.0. The van der Waals surface area contributed by atoms with Crippen molar-refractivity contribution in [1.82, 2.24) is 0 Å². The van der Waals surface area contributed by atoms with Crippen LogP contribution >= 0.6 is 0 Å². The zero-order chi connectivity index (χ0) is 90.8. The first-order valence-electron chi connectivity index (χ1n) is 47.2. The molecule has 3 heterocycles. The van der Waals surface area contributed by atoms with E-state index in [1.165, 1.54) is 119 Å². The molecule has 29 aromatic rings. The molecule has 0 aliphatic rings. The lowest BCUT2D eigenvalue weighted by atomic mass is 9.85. The molecule has 138 heavy (non-hydrogen) atoms. The summed E-state index contributed by atoms with van der Waals surface area (Å²) < 4.78 is 19.5. The van der Waals surface area contributed by atoms with Gasteiger partial charge in [0.2, 0.25) is 0 Å². The summed E-state index contributed by atoms with van der Waals surface area (Å²) in [6.45, 7) is 0. The van der Waals surface area contributed by atoms with Gasteiger partial charge < -0.3 is 28.0 Å². The van der Waals surface area contributed by atoms with Gasteiger partial charge in [0.25, 0.3) is 0 Å². The van der Waals surface area contributed by atoms with E-state index in [4.69, 9.17) is 13.3 Å². The van der Waals surface area contributed by atoms with Crippen LogP contribution in [0.2, 0.25) is 0 Å². The van der Waals surface area contributed by atoms with Crippen LogP contribution in [0.25, 0.3) is 217 Å². The molecule has 0 amide bonds. The Balaban J connectivity index is 0.000000106. The molecule has 0 spiro atoms. The third-order valence-corrected chi connectivity index (χ3v) is 28.2. The van der Waals surface area contributed by atoms with Crippen molar-refractivity contribution in [2.24, 2.45) is 0 Å². The zero-order valence-electron chi connectivity index (χ0n) is 75.0. The lowest BCUT2D eigenvalue weighted by Crippen LogP contribution is -2.12. The van der Waals surface area contributed by atoms with Crippen LogP contribution in [0.15, 0.2) is 517 Å². The minimum absolute atomic E-state index is 0.896. The summed E-state index contributed by atoms with van der Waals surface area (Å²) in [7, 11) is 0. The molecule has 6 nitrogen and oxygen atoms in total.